The van der Waals surface area contributed by atoms with Crippen molar-refractivity contribution in [2.24, 2.45) is 5.92 Å². The van der Waals surface area contributed by atoms with Gasteiger partial charge in [-0.2, -0.15) is 0 Å². The molecule has 1 saturated heterocycles. The summed E-state index contributed by atoms with van der Waals surface area (Å²) in [5, 5.41) is 6.74. The number of nitrogens with one attached hydrogen (secondary N) is 2. The second-order valence-corrected chi connectivity index (χ2v) is 4.16. The molecule has 4 heteroatoms. The lowest BCUT2D eigenvalue weighted by molar-refractivity contribution is 0.389. The summed E-state index contributed by atoms with van der Waals surface area (Å²) in [6, 6.07) is 3.89. The number of ether oxygens (including phenoxy) is 1. The number of methoxy groups -OCH3 is 1. The molecule has 0 radical (unpaired) electrons. The minimum Gasteiger partial charge on any atom is -0.495 e. The molecule has 1 aromatic rings. The third-order valence-electron chi connectivity index (χ3n) is 3.00. The zero-order valence-electron chi connectivity index (χ0n) is 9.70. The van der Waals surface area contributed by atoms with Crippen LogP contribution in [0.5, 0.6) is 5.75 Å². The maximum absolute atomic E-state index is 5.07. The molecule has 1 aliphatic rings. The summed E-state index contributed by atoms with van der Waals surface area (Å²) in [5.74, 6) is 2.50. The van der Waals surface area contributed by atoms with Crippen molar-refractivity contribution in [1.82, 2.24) is 10.3 Å². The standard InChI is InChI=1S/C12H19N3O/c1-16-11-2-3-12(15-9-11)14-8-10-4-6-13-7-5-10/h2-3,9-10,13H,4-8H2,1H3,(H,14,15). The normalized spacial score (nSPS) is 17.1. The van der Waals surface area contributed by atoms with E-state index >= 15 is 0 Å². The first-order chi connectivity index (χ1) is 7.88. The van der Waals surface area contributed by atoms with Crippen molar-refractivity contribution in [3.63, 3.8) is 0 Å². The van der Waals surface area contributed by atoms with Crippen LogP contribution in [0.25, 0.3) is 0 Å². The Balaban J connectivity index is 1.79. The second-order valence-electron chi connectivity index (χ2n) is 4.16. The van der Waals surface area contributed by atoms with Crippen LogP contribution in [0, 0.1) is 5.92 Å². The zero-order valence-corrected chi connectivity index (χ0v) is 9.70. The highest BCUT2D eigenvalue weighted by molar-refractivity contribution is 5.37. The van der Waals surface area contributed by atoms with E-state index in [2.05, 4.69) is 15.6 Å². The molecule has 0 spiro atoms. The molecule has 4 nitrogen and oxygen atoms in total. The fourth-order valence-corrected chi connectivity index (χ4v) is 1.94. The van der Waals surface area contributed by atoms with Crippen LogP contribution >= 0.6 is 0 Å². The third-order valence-corrected chi connectivity index (χ3v) is 3.00. The lowest BCUT2D eigenvalue weighted by Crippen LogP contribution is -2.31. The van der Waals surface area contributed by atoms with Gasteiger partial charge in [0.05, 0.1) is 13.3 Å². The van der Waals surface area contributed by atoms with E-state index in [-0.39, 0.29) is 0 Å². The Morgan fingerprint density at radius 2 is 2.25 bits per heavy atom. The fraction of sp³-hybridized carbons (Fsp3) is 0.583. The molecule has 0 aliphatic carbocycles. The molecule has 1 aliphatic heterocycles. The maximum atomic E-state index is 5.07. The largest absolute Gasteiger partial charge is 0.495 e. The molecule has 0 atom stereocenters. The predicted molar refractivity (Wildman–Crippen MR) is 64.9 cm³/mol. The van der Waals surface area contributed by atoms with Crippen LogP contribution < -0.4 is 15.4 Å². The molecule has 16 heavy (non-hydrogen) atoms. The molecular formula is C12H19N3O. The number of anilines is 1. The lowest BCUT2D eigenvalue weighted by Gasteiger charge is -2.22. The van der Waals surface area contributed by atoms with Crippen LogP contribution in [0.2, 0.25) is 0 Å². The number of hydrogen-bond donors (Lipinski definition) is 2. The smallest absolute Gasteiger partial charge is 0.137 e. The third kappa shape index (κ3) is 3.10. The predicted octanol–water partition coefficient (Wildman–Crippen LogP) is 1.50. The van der Waals surface area contributed by atoms with Crippen molar-refractivity contribution in [2.75, 3.05) is 32.1 Å². The van der Waals surface area contributed by atoms with Gasteiger partial charge in [-0.3, -0.25) is 0 Å². The summed E-state index contributed by atoms with van der Waals surface area (Å²) in [7, 11) is 1.65. The van der Waals surface area contributed by atoms with Gasteiger partial charge in [-0.1, -0.05) is 0 Å². The summed E-state index contributed by atoms with van der Waals surface area (Å²) in [5.41, 5.74) is 0. The molecule has 1 aromatic heterocycles. The van der Waals surface area contributed by atoms with Gasteiger partial charge in [0.2, 0.25) is 0 Å². The highest BCUT2D eigenvalue weighted by atomic mass is 16.5. The molecule has 0 saturated carbocycles. The minimum atomic E-state index is 0.769. The molecule has 2 N–H and O–H groups in total. The Bertz CT molecular complexity index is 307. The summed E-state index contributed by atoms with van der Waals surface area (Å²) in [6.45, 7) is 3.30. The van der Waals surface area contributed by atoms with Gasteiger partial charge < -0.3 is 15.4 Å². The lowest BCUT2D eigenvalue weighted by atomic mass is 9.98. The first kappa shape index (κ1) is 11.2. The van der Waals surface area contributed by atoms with Gasteiger partial charge in [-0.25, -0.2) is 4.98 Å². The van der Waals surface area contributed by atoms with E-state index in [0.717, 1.165) is 37.1 Å². The zero-order chi connectivity index (χ0) is 11.2. The Hall–Kier alpha value is -1.29. The fourth-order valence-electron chi connectivity index (χ4n) is 1.94. The molecular weight excluding hydrogens is 202 g/mol. The highest BCUT2D eigenvalue weighted by Crippen LogP contribution is 2.14. The van der Waals surface area contributed by atoms with Crippen molar-refractivity contribution < 1.29 is 4.74 Å². The van der Waals surface area contributed by atoms with Gasteiger partial charge in [0, 0.05) is 6.54 Å². The van der Waals surface area contributed by atoms with Crippen LogP contribution in [0.15, 0.2) is 18.3 Å². The monoisotopic (exact) mass is 221 g/mol. The summed E-state index contributed by atoms with van der Waals surface area (Å²) in [4.78, 5) is 4.28. The molecule has 88 valence electrons. The van der Waals surface area contributed by atoms with E-state index in [4.69, 9.17) is 4.74 Å². The van der Waals surface area contributed by atoms with Crippen LogP contribution in [-0.4, -0.2) is 31.7 Å². The van der Waals surface area contributed by atoms with Gasteiger partial charge in [-0.15, -0.1) is 0 Å². The van der Waals surface area contributed by atoms with E-state index < -0.39 is 0 Å². The van der Waals surface area contributed by atoms with Crippen molar-refractivity contribution in [3.8, 4) is 5.75 Å². The molecule has 0 unspecified atom stereocenters. The Labute approximate surface area is 96.4 Å². The Morgan fingerprint density at radius 3 is 2.88 bits per heavy atom. The SMILES string of the molecule is COc1ccc(NCC2CCNCC2)nc1. The number of piperidine rings is 1. The summed E-state index contributed by atoms with van der Waals surface area (Å²) >= 11 is 0. The van der Waals surface area contributed by atoms with Crippen LogP contribution in [0.4, 0.5) is 5.82 Å². The highest BCUT2D eigenvalue weighted by Gasteiger charge is 2.12. The molecule has 0 aromatic carbocycles. The summed E-state index contributed by atoms with van der Waals surface area (Å²) < 4.78 is 5.07. The molecule has 2 heterocycles. The average molecular weight is 221 g/mol. The van der Waals surface area contributed by atoms with Gasteiger partial charge >= 0.3 is 0 Å². The van der Waals surface area contributed by atoms with E-state index in [1.165, 1.54) is 12.8 Å². The first-order valence-corrected chi connectivity index (χ1v) is 5.83. The van der Waals surface area contributed by atoms with Gasteiger partial charge in [-0.05, 0) is 44.0 Å². The van der Waals surface area contributed by atoms with Crippen LogP contribution in [-0.2, 0) is 0 Å². The number of pyridine rings is 1. The number of rotatable bonds is 4. The van der Waals surface area contributed by atoms with Crippen molar-refractivity contribution >= 4 is 5.82 Å². The summed E-state index contributed by atoms with van der Waals surface area (Å²) in [6.07, 6.45) is 4.25. The van der Waals surface area contributed by atoms with Crippen molar-refractivity contribution in [1.29, 1.82) is 0 Å². The Morgan fingerprint density at radius 1 is 1.44 bits per heavy atom. The second kappa shape index (κ2) is 5.70. The minimum absolute atomic E-state index is 0.769. The number of hydrogen-bond acceptors (Lipinski definition) is 4. The quantitative estimate of drug-likeness (QED) is 0.809. The number of aromatic nitrogens is 1. The van der Waals surface area contributed by atoms with E-state index in [1.54, 1.807) is 13.3 Å². The molecule has 2 rings (SSSR count). The number of nitrogens with zero attached hydrogens (tertiary/aromatic N) is 1. The average Bonchev–Trinajstić information content (AvgIpc) is 2.38. The van der Waals surface area contributed by atoms with Crippen molar-refractivity contribution in [2.45, 2.75) is 12.8 Å². The maximum Gasteiger partial charge on any atom is 0.137 e. The molecule has 0 amide bonds. The van der Waals surface area contributed by atoms with Crippen molar-refractivity contribution in [3.05, 3.63) is 18.3 Å². The molecule has 0 bridgehead atoms. The van der Waals surface area contributed by atoms with E-state index in [0.29, 0.717) is 0 Å². The van der Waals surface area contributed by atoms with Gasteiger partial charge in [0.1, 0.15) is 11.6 Å². The van der Waals surface area contributed by atoms with E-state index in [9.17, 15) is 0 Å². The van der Waals surface area contributed by atoms with Crippen LogP contribution in [0.1, 0.15) is 12.8 Å². The molecule has 1 fully saturated rings. The Kier molecular flexibility index (Phi) is 3.99. The van der Waals surface area contributed by atoms with Crippen LogP contribution in [0.3, 0.4) is 0 Å². The van der Waals surface area contributed by atoms with Gasteiger partial charge in [0.25, 0.3) is 0 Å². The topological polar surface area (TPSA) is 46.2 Å². The first-order valence-electron chi connectivity index (χ1n) is 5.83. The van der Waals surface area contributed by atoms with Gasteiger partial charge in [0.15, 0.2) is 0 Å². The van der Waals surface area contributed by atoms with E-state index in [1.807, 2.05) is 12.1 Å².